The van der Waals surface area contributed by atoms with Crippen molar-refractivity contribution in [1.82, 2.24) is 0 Å². The second kappa shape index (κ2) is 61.2. The molecule has 0 aromatic rings. The number of rotatable bonds is 59. The highest BCUT2D eigenvalue weighted by Crippen LogP contribution is 2.17. The molecule has 0 radical (unpaired) electrons. The lowest BCUT2D eigenvalue weighted by Crippen LogP contribution is -2.30. The van der Waals surface area contributed by atoms with Crippen molar-refractivity contribution in [2.75, 3.05) is 13.2 Å². The van der Waals surface area contributed by atoms with E-state index in [1.54, 1.807) is 0 Å². The minimum Gasteiger partial charge on any atom is -0.462 e. The first kappa shape index (κ1) is 69.6. The Hall–Kier alpha value is -2.37. The first-order valence-electron chi connectivity index (χ1n) is 32.0. The number of esters is 3. The fourth-order valence-corrected chi connectivity index (χ4v) is 9.53. The van der Waals surface area contributed by atoms with Crippen LogP contribution >= 0.6 is 0 Å². The van der Waals surface area contributed by atoms with E-state index >= 15 is 0 Å². The standard InChI is InChI=1S/C66H122O6/c1-4-7-10-13-16-19-22-25-27-29-31-32-33-34-35-37-38-41-44-47-50-53-56-59-65(68)71-62-63(61-70-64(67)58-55-52-49-46-43-40-24-21-18-15-12-9-6-3)72-66(69)60-57-54-51-48-45-42-39-36-30-28-26-23-20-17-14-11-8-5-2/h22,25,28-31,63H,4-21,23-24,26-27,32-62H2,1-3H3/b25-22-,30-28-,31-29-. The van der Waals surface area contributed by atoms with Crippen LogP contribution in [0.25, 0.3) is 0 Å². The van der Waals surface area contributed by atoms with E-state index in [4.69, 9.17) is 14.2 Å². The van der Waals surface area contributed by atoms with Gasteiger partial charge in [0, 0.05) is 19.3 Å². The van der Waals surface area contributed by atoms with Gasteiger partial charge in [0.25, 0.3) is 0 Å². The van der Waals surface area contributed by atoms with Gasteiger partial charge in [0.05, 0.1) is 0 Å². The van der Waals surface area contributed by atoms with E-state index in [2.05, 4.69) is 57.2 Å². The van der Waals surface area contributed by atoms with E-state index in [0.717, 1.165) is 64.2 Å². The van der Waals surface area contributed by atoms with Crippen molar-refractivity contribution < 1.29 is 28.6 Å². The van der Waals surface area contributed by atoms with Gasteiger partial charge in [-0.05, 0) is 77.0 Å². The lowest BCUT2D eigenvalue weighted by molar-refractivity contribution is -0.167. The van der Waals surface area contributed by atoms with E-state index in [9.17, 15) is 14.4 Å². The third kappa shape index (κ3) is 58.5. The highest BCUT2D eigenvalue weighted by atomic mass is 16.6. The first-order chi connectivity index (χ1) is 35.5. The van der Waals surface area contributed by atoms with E-state index in [0.29, 0.717) is 19.3 Å². The zero-order valence-corrected chi connectivity index (χ0v) is 48.5. The van der Waals surface area contributed by atoms with Gasteiger partial charge in [0.15, 0.2) is 6.10 Å². The molecule has 6 nitrogen and oxygen atoms in total. The molecule has 0 bridgehead atoms. The SMILES string of the molecule is CCCCCCC/C=C\C/C=C\CCCCCCCCCCCCCC(=O)OCC(COC(=O)CCCCCCCCCCCCCCC)OC(=O)CCCCCCCCC/C=C\CCCCCCCCC. The average Bonchev–Trinajstić information content (AvgIpc) is 3.38. The lowest BCUT2D eigenvalue weighted by atomic mass is 10.0. The zero-order valence-electron chi connectivity index (χ0n) is 48.5. The van der Waals surface area contributed by atoms with Crippen LogP contribution in [0.15, 0.2) is 36.5 Å². The number of unbranched alkanes of at least 4 members (excludes halogenated alkanes) is 42. The van der Waals surface area contributed by atoms with Gasteiger partial charge >= 0.3 is 17.9 Å². The van der Waals surface area contributed by atoms with E-state index in [1.165, 1.54) is 244 Å². The molecule has 0 spiro atoms. The summed E-state index contributed by atoms with van der Waals surface area (Å²) in [4.78, 5) is 38.3. The van der Waals surface area contributed by atoms with Crippen molar-refractivity contribution in [3.63, 3.8) is 0 Å². The quantitative estimate of drug-likeness (QED) is 0.0261. The molecule has 1 unspecified atom stereocenters. The van der Waals surface area contributed by atoms with Gasteiger partial charge in [0.1, 0.15) is 13.2 Å². The molecule has 72 heavy (non-hydrogen) atoms. The van der Waals surface area contributed by atoms with Gasteiger partial charge in [0.2, 0.25) is 0 Å². The highest BCUT2D eigenvalue weighted by molar-refractivity contribution is 5.71. The number of hydrogen-bond donors (Lipinski definition) is 0. The Morgan fingerprint density at radius 3 is 0.778 bits per heavy atom. The van der Waals surface area contributed by atoms with Gasteiger partial charge < -0.3 is 14.2 Å². The van der Waals surface area contributed by atoms with Crippen LogP contribution in [0.5, 0.6) is 0 Å². The Balaban J connectivity index is 4.29. The zero-order chi connectivity index (χ0) is 52.2. The minimum atomic E-state index is -0.773. The van der Waals surface area contributed by atoms with E-state index in [1.807, 2.05) is 0 Å². The van der Waals surface area contributed by atoms with Crippen LogP contribution in [0.4, 0.5) is 0 Å². The van der Waals surface area contributed by atoms with Crippen molar-refractivity contribution >= 4 is 17.9 Å². The van der Waals surface area contributed by atoms with Crippen molar-refractivity contribution in [2.45, 2.75) is 354 Å². The summed E-state index contributed by atoms with van der Waals surface area (Å²) in [5, 5.41) is 0. The molecule has 0 saturated heterocycles. The van der Waals surface area contributed by atoms with Gasteiger partial charge in [-0.2, -0.15) is 0 Å². The summed E-state index contributed by atoms with van der Waals surface area (Å²) in [6.45, 7) is 6.68. The van der Waals surface area contributed by atoms with Crippen LogP contribution in [0.1, 0.15) is 348 Å². The lowest BCUT2D eigenvalue weighted by Gasteiger charge is -2.18. The van der Waals surface area contributed by atoms with Crippen LogP contribution in [0.3, 0.4) is 0 Å². The molecule has 0 amide bonds. The highest BCUT2D eigenvalue weighted by Gasteiger charge is 2.19. The molecule has 0 fully saturated rings. The average molecular weight is 1010 g/mol. The fourth-order valence-electron chi connectivity index (χ4n) is 9.53. The Morgan fingerprint density at radius 2 is 0.500 bits per heavy atom. The molecule has 0 N–H and O–H groups in total. The van der Waals surface area contributed by atoms with Crippen molar-refractivity contribution in [3.8, 4) is 0 Å². The maximum absolute atomic E-state index is 12.9. The molecular formula is C66H122O6. The van der Waals surface area contributed by atoms with Gasteiger partial charge in [-0.25, -0.2) is 0 Å². The summed E-state index contributed by atoms with van der Waals surface area (Å²) in [6.07, 6.45) is 74.3. The molecule has 0 aliphatic carbocycles. The molecule has 0 aromatic heterocycles. The molecule has 0 rings (SSSR count). The number of allylic oxidation sites excluding steroid dienone is 6. The smallest absolute Gasteiger partial charge is 0.306 e. The van der Waals surface area contributed by atoms with Gasteiger partial charge in [-0.3, -0.25) is 14.4 Å². The van der Waals surface area contributed by atoms with E-state index in [-0.39, 0.29) is 31.1 Å². The van der Waals surface area contributed by atoms with E-state index < -0.39 is 6.10 Å². The molecule has 422 valence electrons. The second-order valence-corrected chi connectivity index (χ2v) is 21.7. The molecule has 0 aromatic carbocycles. The third-order valence-electron chi connectivity index (χ3n) is 14.4. The fraction of sp³-hybridized carbons (Fsp3) is 0.864. The summed E-state index contributed by atoms with van der Waals surface area (Å²) < 4.78 is 16.9. The van der Waals surface area contributed by atoms with Crippen molar-refractivity contribution in [3.05, 3.63) is 36.5 Å². The van der Waals surface area contributed by atoms with Crippen LogP contribution in [0.2, 0.25) is 0 Å². The molecule has 0 saturated carbocycles. The third-order valence-corrected chi connectivity index (χ3v) is 14.4. The summed E-state index contributed by atoms with van der Waals surface area (Å²) in [6, 6.07) is 0. The molecule has 0 aliphatic rings. The second-order valence-electron chi connectivity index (χ2n) is 21.7. The summed E-state index contributed by atoms with van der Waals surface area (Å²) in [5.41, 5.74) is 0. The Morgan fingerprint density at radius 1 is 0.278 bits per heavy atom. The van der Waals surface area contributed by atoms with Crippen LogP contribution in [-0.4, -0.2) is 37.2 Å². The number of ether oxygens (including phenoxy) is 3. The molecule has 6 heteroatoms. The monoisotopic (exact) mass is 1010 g/mol. The molecule has 0 heterocycles. The Bertz CT molecular complexity index is 1210. The summed E-state index contributed by atoms with van der Waals surface area (Å²) in [5.74, 6) is -0.854. The minimum absolute atomic E-state index is 0.0700. The van der Waals surface area contributed by atoms with Crippen molar-refractivity contribution in [2.24, 2.45) is 0 Å². The van der Waals surface area contributed by atoms with Gasteiger partial charge in [-0.15, -0.1) is 0 Å². The predicted molar refractivity (Wildman–Crippen MR) is 312 cm³/mol. The van der Waals surface area contributed by atoms with Crippen LogP contribution < -0.4 is 0 Å². The Labute approximate surface area is 448 Å². The molecule has 1 atom stereocenters. The maximum Gasteiger partial charge on any atom is 0.306 e. The number of carbonyl (C=O) groups is 3. The largest absolute Gasteiger partial charge is 0.462 e. The topological polar surface area (TPSA) is 78.9 Å². The van der Waals surface area contributed by atoms with Gasteiger partial charge in [-0.1, -0.05) is 288 Å². The summed E-state index contributed by atoms with van der Waals surface area (Å²) >= 11 is 0. The number of carbonyl (C=O) groups excluding carboxylic acids is 3. The normalized spacial score (nSPS) is 12.2. The Kier molecular flexibility index (Phi) is 59.2. The maximum atomic E-state index is 12.9. The molecular weight excluding hydrogens is 889 g/mol. The van der Waals surface area contributed by atoms with Crippen LogP contribution in [0, 0.1) is 0 Å². The predicted octanol–water partition coefficient (Wildman–Crippen LogP) is 21.6. The number of hydrogen-bond acceptors (Lipinski definition) is 6. The molecule has 0 aliphatic heterocycles. The van der Waals surface area contributed by atoms with Crippen molar-refractivity contribution in [1.29, 1.82) is 0 Å². The first-order valence-corrected chi connectivity index (χ1v) is 32.0. The summed E-state index contributed by atoms with van der Waals surface area (Å²) in [7, 11) is 0. The van der Waals surface area contributed by atoms with Crippen LogP contribution in [-0.2, 0) is 28.6 Å².